The molecule has 35 heavy (non-hydrogen) atoms. The largest absolute Gasteiger partial charge is 0.495 e. The molecule has 180 valence electrons. The van der Waals surface area contributed by atoms with E-state index in [1.54, 1.807) is 31.4 Å². The van der Waals surface area contributed by atoms with Crippen LogP contribution in [0, 0.1) is 11.6 Å². The summed E-state index contributed by atoms with van der Waals surface area (Å²) in [6.45, 7) is 4.66. The van der Waals surface area contributed by atoms with E-state index in [1.807, 2.05) is 29.1 Å². The highest BCUT2D eigenvalue weighted by Gasteiger charge is 2.21. The number of piperazine rings is 1. The molecule has 1 aliphatic heterocycles. The minimum absolute atomic E-state index is 0.281. The van der Waals surface area contributed by atoms with Crippen LogP contribution in [-0.2, 0) is 6.42 Å². The van der Waals surface area contributed by atoms with Crippen molar-refractivity contribution in [3.63, 3.8) is 0 Å². The van der Waals surface area contributed by atoms with Gasteiger partial charge in [0.1, 0.15) is 17.4 Å². The third-order valence-corrected chi connectivity index (χ3v) is 6.53. The lowest BCUT2D eigenvalue weighted by molar-refractivity contribution is 0.260. The molecule has 0 saturated carbocycles. The SMILES string of the molecule is COc1ccccc1N1CCN(CCc2cnn(-c3ccc(F)cc3)c2-c2ccc(F)cc2)CC1. The van der Waals surface area contributed by atoms with E-state index in [1.165, 1.54) is 24.3 Å². The molecule has 7 heteroatoms. The van der Waals surface area contributed by atoms with Crippen molar-refractivity contribution in [1.29, 1.82) is 0 Å². The maximum Gasteiger partial charge on any atom is 0.142 e. The van der Waals surface area contributed by atoms with Crippen LogP contribution in [-0.4, -0.2) is 54.5 Å². The molecule has 1 aromatic heterocycles. The first-order valence-corrected chi connectivity index (χ1v) is 11.8. The molecule has 5 rings (SSSR count). The lowest BCUT2D eigenvalue weighted by Crippen LogP contribution is -2.47. The highest BCUT2D eigenvalue weighted by atomic mass is 19.1. The normalized spacial score (nSPS) is 14.3. The molecule has 0 aliphatic carbocycles. The number of para-hydroxylation sites is 2. The Bertz CT molecular complexity index is 1260. The fraction of sp³-hybridized carbons (Fsp3) is 0.250. The van der Waals surface area contributed by atoms with Gasteiger partial charge in [-0.1, -0.05) is 12.1 Å². The number of aromatic nitrogens is 2. The highest BCUT2D eigenvalue weighted by molar-refractivity contribution is 5.66. The van der Waals surface area contributed by atoms with E-state index in [-0.39, 0.29) is 11.6 Å². The molecule has 0 N–H and O–H groups in total. The first kappa shape index (κ1) is 23.1. The Morgan fingerprint density at radius 1 is 0.829 bits per heavy atom. The molecular weight excluding hydrogens is 446 g/mol. The fourth-order valence-electron chi connectivity index (χ4n) is 4.64. The number of methoxy groups -OCH3 is 1. The Hall–Kier alpha value is -3.71. The summed E-state index contributed by atoms with van der Waals surface area (Å²) < 4.78 is 34.4. The van der Waals surface area contributed by atoms with Crippen LogP contribution in [0.25, 0.3) is 16.9 Å². The number of hydrogen-bond acceptors (Lipinski definition) is 4. The molecule has 1 fully saturated rings. The van der Waals surface area contributed by atoms with E-state index in [2.05, 4.69) is 21.0 Å². The second-order valence-corrected chi connectivity index (χ2v) is 8.66. The first-order chi connectivity index (χ1) is 17.1. The van der Waals surface area contributed by atoms with Gasteiger partial charge in [0.05, 0.1) is 30.4 Å². The average molecular weight is 475 g/mol. The Balaban J connectivity index is 1.32. The minimum Gasteiger partial charge on any atom is -0.495 e. The summed E-state index contributed by atoms with van der Waals surface area (Å²) >= 11 is 0. The molecule has 3 aromatic carbocycles. The van der Waals surface area contributed by atoms with E-state index in [0.717, 1.165) is 73.1 Å². The molecular formula is C28H28F2N4O. The van der Waals surface area contributed by atoms with E-state index in [4.69, 9.17) is 4.74 Å². The number of halogens is 2. The second-order valence-electron chi connectivity index (χ2n) is 8.66. The molecule has 5 nitrogen and oxygen atoms in total. The summed E-state index contributed by atoms with van der Waals surface area (Å²) in [5.74, 6) is 0.325. The minimum atomic E-state index is -0.295. The predicted molar refractivity (Wildman–Crippen MR) is 134 cm³/mol. The maximum atomic E-state index is 13.6. The van der Waals surface area contributed by atoms with Gasteiger partial charge in [-0.2, -0.15) is 5.10 Å². The topological polar surface area (TPSA) is 33.5 Å². The van der Waals surface area contributed by atoms with Gasteiger partial charge in [0.15, 0.2) is 0 Å². The summed E-state index contributed by atoms with van der Waals surface area (Å²) in [4.78, 5) is 4.82. The smallest absolute Gasteiger partial charge is 0.142 e. The lowest BCUT2D eigenvalue weighted by Gasteiger charge is -2.36. The molecule has 1 saturated heterocycles. The number of anilines is 1. The molecule has 0 spiro atoms. The maximum absolute atomic E-state index is 13.6. The van der Waals surface area contributed by atoms with Crippen LogP contribution in [0.1, 0.15) is 5.56 Å². The van der Waals surface area contributed by atoms with E-state index >= 15 is 0 Å². The lowest BCUT2D eigenvalue weighted by atomic mass is 10.0. The van der Waals surface area contributed by atoms with Gasteiger partial charge < -0.3 is 9.64 Å². The van der Waals surface area contributed by atoms with Crippen molar-refractivity contribution in [2.75, 3.05) is 44.7 Å². The monoisotopic (exact) mass is 474 g/mol. The fourth-order valence-corrected chi connectivity index (χ4v) is 4.64. The van der Waals surface area contributed by atoms with Gasteiger partial charge in [0, 0.05) is 38.3 Å². The first-order valence-electron chi connectivity index (χ1n) is 11.8. The number of nitrogens with zero attached hydrogens (tertiary/aromatic N) is 4. The van der Waals surface area contributed by atoms with E-state index in [0.29, 0.717) is 0 Å². The van der Waals surface area contributed by atoms with Crippen molar-refractivity contribution in [2.24, 2.45) is 0 Å². The van der Waals surface area contributed by atoms with Crippen LogP contribution >= 0.6 is 0 Å². The van der Waals surface area contributed by atoms with E-state index < -0.39 is 0 Å². The molecule has 2 heterocycles. The van der Waals surface area contributed by atoms with Gasteiger partial charge in [0.25, 0.3) is 0 Å². The van der Waals surface area contributed by atoms with Gasteiger partial charge in [-0.25, -0.2) is 13.5 Å². The van der Waals surface area contributed by atoms with Crippen LogP contribution in [0.15, 0.2) is 79.0 Å². The average Bonchev–Trinajstić information content (AvgIpc) is 3.32. The Morgan fingerprint density at radius 3 is 2.17 bits per heavy atom. The van der Waals surface area contributed by atoms with Gasteiger partial charge in [-0.3, -0.25) is 4.90 Å². The molecule has 0 atom stereocenters. The van der Waals surface area contributed by atoms with Crippen LogP contribution in [0.4, 0.5) is 14.5 Å². The third kappa shape index (κ3) is 5.05. The summed E-state index contributed by atoms with van der Waals surface area (Å²) in [6, 6.07) is 20.8. The zero-order chi connectivity index (χ0) is 24.2. The molecule has 0 bridgehead atoms. The summed E-state index contributed by atoms with van der Waals surface area (Å²) in [5.41, 5.74) is 4.76. The van der Waals surface area contributed by atoms with Crippen molar-refractivity contribution < 1.29 is 13.5 Å². The van der Waals surface area contributed by atoms with Crippen molar-refractivity contribution >= 4 is 5.69 Å². The van der Waals surface area contributed by atoms with Crippen LogP contribution in [0.3, 0.4) is 0 Å². The zero-order valence-corrected chi connectivity index (χ0v) is 19.7. The van der Waals surface area contributed by atoms with Crippen molar-refractivity contribution in [1.82, 2.24) is 14.7 Å². The third-order valence-electron chi connectivity index (χ3n) is 6.53. The van der Waals surface area contributed by atoms with Gasteiger partial charge >= 0.3 is 0 Å². The standard InChI is InChI=1S/C28H28F2N4O/c1-35-27-5-3-2-4-26(27)33-18-16-32(17-19-33)15-14-22-20-31-34(25-12-10-24(30)11-13-25)28(22)21-6-8-23(29)9-7-21/h2-13,20H,14-19H2,1H3. The van der Waals surface area contributed by atoms with E-state index in [9.17, 15) is 8.78 Å². The second kappa shape index (κ2) is 10.3. The number of rotatable bonds is 7. The van der Waals surface area contributed by atoms with Gasteiger partial charge in [-0.15, -0.1) is 0 Å². The van der Waals surface area contributed by atoms with Gasteiger partial charge in [-0.05, 0) is 72.6 Å². The Morgan fingerprint density at radius 2 is 1.49 bits per heavy atom. The molecule has 4 aromatic rings. The molecule has 0 radical (unpaired) electrons. The Labute approximate surface area is 204 Å². The molecule has 1 aliphatic rings. The van der Waals surface area contributed by atoms with Crippen LogP contribution in [0.5, 0.6) is 5.75 Å². The highest BCUT2D eigenvalue weighted by Crippen LogP contribution is 2.30. The quantitative estimate of drug-likeness (QED) is 0.369. The predicted octanol–water partition coefficient (Wildman–Crippen LogP) is 5.19. The van der Waals surface area contributed by atoms with Crippen molar-refractivity contribution in [3.8, 4) is 22.7 Å². The molecule has 0 amide bonds. The summed E-state index contributed by atoms with van der Waals surface area (Å²) in [6.07, 6.45) is 2.68. The van der Waals surface area contributed by atoms with Crippen molar-refractivity contribution in [3.05, 3.63) is 96.2 Å². The van der Waals surface area contributed by atoms with Crippen LogP contribution in [0.2, 0.25) is 0 Å². The summed E-state index contributed by atoms with van der Waals surface area (Å²) in [5, 5.41) is 4.61. The summed E-state index contributed by atoms with van der Waals surface area (Å²) in [7, 11) is 1.71. The zero-order valence-electron chi connectivity index (χ0n) is 19.7. The molecule has 0 unspecified atom stereocenters. The van der Waals surface area contributed by atoms with Crippen molar-refractivity contribution in [2.45, 2.75) is 6.42 Å². The number of hydrogen-bond donors (Lipinski definition) is 0. The number of benzene rings is 3. The van der Waals surface area contributed by atoms with Crippen LogP contribution < -0.4 is 9.64 Å². The Kier molecular flexibility index (Phi) is 6.77. The number of ether oxygens (including phenoxy) is 1. The van der Waals surface area contributed by atoms with Gasteiger partial charge in [0.2, 0.25) is 0 Å².